The van der Waals surface area contributed by atoms with Crippen LogP contribution in [0.1, 0.15) is 52.3 Å². The van der Waals surface area contributed by atoms with Gasteiger partial charge in [0, 0.05) is 37.3 Å². The van der Waals surface area contributed by atoms with Gasteiger partial charge in [-0.1, -0.05) is 25.6 Å². The van der Waals surface area contributed by atoms with Crippen molar-refractivity contribution in [2.45, 2.75) is 75.9 Å². The molecule has 1 aromatic rings. The standard InChI is InChI=1S/C19H36N6S2.HI/c1-6-20-18(22-15-9-10-16(12-15)26-4)21-11-7-8-17-23-24-19(27-5)25(17)13-14(2)3;/h14-16H,6-13H2,1-5H3,(H2,20,21,22);1H. The first kappa shape index (κ1) is 25.9. The van der Waals surface area contributed by atoms with E-state index in [1.807, 2.05) is 11.8 Å². The average molecular weight is 541 g/mol. The fraction of sp³-hybridized carbons (Fsp3) is 0.842. The minimum atomic E-state index is 0. The molecule has 28 heavy (non-hydrogen) atoms. The number of rotatable bonds is 10. The van der Waals surface area contributed by atoms with E-state index < -0.39 is 0 Å². The van der Waals surface area contributed by atoms with Crippen molar-refractivity contribution >= 4 is 53.5 Å². The number of nitrogens with zero attached hydrogens (tertiary/aromatic N) is 4. The summed E-state index contributed by atoms with van der Waals surface area (Å²) in [4.78, 5) is 4.79. The quantitative estimate of drug-likeness (QED) is 0.154. The minimum absolute atomic E-state index is 0. The van der Waals surface area contributed by atoms with Gasteiger partial charge in [-0.2, -0.15) is 11.8 Å². The minimum Gasteiger partial charge on any atom is -0.357 e. The molecule has 0 aromatic carbocycles. The van der Waals surface area contributed by atoms with Crippen molar-refractivity contribution in [1.82, 2.24) is 25.4 Å². The van der Waals surface area contributed by atoms with E-state index in [1.165, 1.54) is 19.3 Å². The second-order valence-corrected chi connectivity index (χ2v) is 9.40. The number of aromatic nitrogens is 3. The molecule has 1 aliphatic carbocycles. The van der Waals surface area contributed by atoms with E-state index >= 15 is 0 Å². The summed E-state index contributed by atoms with van der Waals surface area (Å²) in [7, 11) is 0. The van der Waals surface area contributed by atoms with Crippen molar-refractivity contribution in [3.8, 4) is 0 Å². The van der Waals surface area contributed by atoms with Gasteiger partial charge in [0.15, 0.2) is 11.1 Å². The van der Waals surface area contributed by atoms with Gasteiger partial charge >= 0.3 is 0 Å². The average Bonchev–Trinajstić information content (AvgIpc) is 3.25. The van der Waals surface area contributed by atoms with Crippen molar-refractivity contribution in [3.63, 3.8) is 0 Å². The molecule has 0 bridgehead atoms. The van der Waals surface area contributed by atoms with E-state index in [0.717, 1.165) is 54.7 Å². The lowest BCUT2D eigenvalue weighted by Crippen LogP contribution is -2.42. The number of nitrogens with one attached hydrogen (secondary N) is 2. The fourth-order valence-corrected chi connectivity index (χ4v) is 4.75. The maximum Gasteiger partial charge on any atom is 0.191 e. The summed E-state index contributed by atoms with van der Waals surface area (Å²) in [6.45, 7) is 9.26. The molecule has 0 spiro atoms. The Hall–Kier alpha value is -0.160. The van der Waals surface area contributed by atoms with Gasteiger partial charge in [-0.15, -0.1) is 34.2 Å². The molecule has 2 unspecified atom stereocenters. The molecule has 1 fully saturated rings. The van der Waals surface area contributed by atoms with Crippen molar-refractivity contribution in [2.75, 3.05) is 25.6 Å². The molecule has 0 saturated heterocycles. The van der Waals surface area contributed by atoms with Crippen LogP contribution in [0, 0.1) is 5.92 Å². The van der Waals surface area contributed by atoms with E-state index in [-0.39, 0.29) is 24.0 Å². The number of hydrogen-bond acceptors (Lipinski definition) is 5. The molecular weight excluding hydrogens is 503 g/mol. The molecule has 2 rings (SSSR count). The largest absolute Gasteiger partial charge is 0.357 e. The second kappa shape index (κ2) is 14.0. The number of aryl methyl sites for hydroxylation is 1. The van der Waals surface area contributed by atoms with Crippen molar-refractivity contribution in [2.24, 2.45) is 10.9 Å². The third kappa shape index (κ3) is 8.30. The molecule has 1 aliphatic rings. The SMILES string of the molecule is CCNC(=NCCCc1nnc(SC)n1CC(C)C)NC1CCC(SC)C1.I. The smallest absolute Gasteiger partial charge is 0.191 e. The van der Waals surface area contributed by atoms with Crippen LogP contribution in [0.2, 0.25) is 0 Å². The Kier molecular flexibility index (Phi) is 12.9. The van der Waals surface area contributed by atoms with E-state index in [2.05, 4.69) is 58.7 Å². The number of thioether (sulfide) groups is 2. The first-order chi connectivity index (χ1) is 13.1. The Morgan fingerprint density at radius 1 is 1.29 bits per heavy atom. The van der Waals surface area contributed by atoms with Crippen LogP contribution in [0.25, 0.3) is 0 Å². The normalized spacial score (nSPS) is 19.7. The highest BCUT2D eigenvalue weighted by Crippen LogP contribution is 2.28. The van der Waals surface area contributed by atoms with Crippen LogP contribution < -0.4 is 10.6 Å². The molecule has 1 aromatic heterocycles. The van der Waals surface area contributed by atoms with E-state index in [9.17, 15) is 0 Å². The second-order valence-electron chi connectivity index (χ2n) is 7.48. The predicted molar refractivity (Wildman–Crippen MR) is 134 cm³/mol. The van der Waals surface area contributed by atoms with E-state index in [4.69, 9.17) is 4.99 Å². The van der Waals surface area contributed by atoms with Crippen molar-refractivity contribution in [1.29, 1.82) is 0 Å². The van der Waals surface area contributed by atoms with Gasteiger partial charge in [0.1, 0.15) is 5.82 Å². The summed E-state index contributed by atoms with van der Waals surface area (Å²) in [5.74, 6) is 2.63. The molecular formula is C19H37IN6S2. The molecule has 9 heteroatoms. The van der Waals surface area contributed by atoms with Gasteiger partial charge in [-0.3, -0.25) is 4.99 Å². The summed E-state index contributed by atoms with van der Waals surface area (Å²) < 4.78 is 2.27. The summed E-state index contributed by atoms with van der Waals surface area (Å²) in [5, 5.41) is 17.5. The maximum atomic E-state index is 4.79. The van der Waals surface area contributed by atoms with Crippen LogP contribution in [-0.2, 0) is 13.0 Å². The first-order valence-electron chi connectivity index (χ1n) is 10.1. The summed E-state index contributed by atoms with van der Waals surface area (Å²) in [6.07, 6.45) is 9.97. The van der Waals surface area contributed by atoms with Crippen LogP contribution in [0.3, 0.4) is 0 Å². The molecule has 2 N–H and O–H groups in total. The van der Waals surface area contributed by atoms with Crippen LogP contribution in [0.4, 0.5) is 0 Å². The third-order valence-electron chi connectivity index (χ3n) is 4.76. The monoisotopic (exact) mass is 540 g/mol. The topological polar surface area (TPSA) is 67.1 Å². The highest BCUT2D eigenvalue weighted by Gasteiger charge is 2.24. The highest BCUT2D eigenvalue weighted by atomic mass is 127. The zero-order valence-electron chi connectivity index (χ0n) is 17.9. The fourth-order valence-electron chi connectivity index (χ4n) is 3.43. The molecule has 0 aliphatic heterocycles. The summed E-state index contributed by atoms with van der Waals surface area (Å²) in [6, 6.07) is 0.554. The Labute approximate surface area is 196 Å². The third-order valence-corrected chi connectivity index (χ3v) is 6.52. The Morgan fingerprint density at radius 3 is 2.68 bits per heavy atom. The molecule has 6 nitrogen and oxygen atoms in total. The maximum absolute atomic E-state index is 4.79. The molecule has 1 heterocycles. The summed E-state index contributed by atoms with van der Waals surface area (Å²) in [5.41, 5.74) is 0. The van der Waals surface area contributed by atoms with Crippen LogP contribution in [-0.4, -0.2) is 57.6 Å². The lowest BCUT2D eigenvalue weighted by Gasteiger charge is -2.17. The van der Waals surface area contributed by atoms with Gasteiger partial charge < -0.3 is 15.2 Å². The van der Waals surface area contributed by atoms with Gasteiger partial charge in [-0.25, -0.2) is 0 Å². The van der Waals surface area contributed by atoms with E-state index in [0.29, 0.717) is 12.0 Å². The number of aliphatic imine (C=N–C) groups is 1. The van der Waals surface area contributed by atoms with Gasteiger partial charge in [-0.05, 0) is 51.0 Å². The van der Waals surface area contributed by atoms with Gasteiger partial charge in [0.25, 0.3) is 0 Å². The van der Waals surface area contributed by atoms with E-state index in [1.54, 1.807) is 11.8 Å². The number of hydrogen-bond donors (Lipinski definition) is 2. The highest BCUT2D eigenvalue weighted by molar-refractivity contribution is 14.0. The predicted octanol–water partition coefficient (Wildman–Crippen LogP) is 4.05. The molecule has 162 valence electrons. The van der Waals surface area contributed by atoms with Crippen LogP contribution in [0.15, 0.2) is 10.1 Å². The summed E-state index contributed by atoms with van der Waals surface area (Å²) >= 11 is 3.66. The first-order valence-corrected chi connectivity index (χ1v) is 12.6. The molecule has 0 radical (unpaired) electrons. The van der Waals surface area contributed by atoms with Crippen LogP contribution in [0.5, 0.6) is 0 Å². The van der Waals surface area contributed by atoms with Gasteiger partial charge in [0.05, 0.1) is 0 Å². The Morgan fingerprint density at radius 2 is 2.07 bits per heavy atom. The lowest BCUT2D eigenvalue weighted by molar-refractivity contribution is 0.477. The zero-order valence-corrected chi connectivity index (χ0v) is 21.9. The zero-order chi connectivity index (χ0) is 19.6. The van der Waals surface area contributed by atoms with Gasteiger partial charge in [0.2, 0.25) is 0 Å². The number of guanidine groups is 1. The number of halogens is 1. The van der Waals surface area contributed by atoms with Crippen molar-refractivity contribution < 1.29 is 0 Å². The Balaban J connectivity index is 0.00000392. The van der Waals surface area contributed by atoms with Crippen LogP contribution >= 0.6 is 47.5 Å². The molecule has 0 amide bonds. The molecule has 1 saturated carbocycles. The lowest BCUT2D eigenvalue weighted by atomic mass is 10.2. The van der Waals surface area contributed by atoms with Crippen molar-refractivity contribution in [3.05, 3.63) is 5.82 Å². The Bertz CT molecular complexity index is 593. The molecule has 2 atom stereocenters.